The summed E-state index contributed by atoms with van der Waals surface area (Å²) in [5.74, 6) is -1.36. The highest BCUT2D eigenvalue weighted by molar-refractivity contribution is 8.11. The second kappa shape index (κ2) is 10.5. The highest BCUT2D eigenvalue weighted by Gasteiger charge is 2.32. The van der Waals surface area contributed by atoms with Gasteiger partial charge in [-0.05, 0) is 73.5 Å². The predicted molar refractivity (Wildman–Crippen MR) is 115 cm³/mol. The fourth-order valence-corrected chi connectivity index (χ4v) is 3.70. The summed E-state index contributed by atoms with van der Waals surface area (Å²) in [6.07, 6.45) is 2.33. The fourth-order valence-electron chi connectivity index (χ4n) is 2.61. The molecule has 0 aliphatic rings. The summed E-state index contributed by atoms with van der Waals surface area (Å²) >= 11 is 1.18. The molecule has 6 nitrogen and oxygen atoms in total. The van der Waals surface area contributed by atoms with Gasteiger partial charge in [-0.1, -0.05) is 42.2 Å². The highest BCUT2D eigenvalue weighted by Crippen LogP contribution is 2.39. The zero-order chi connectivity index (χ0) is 22.3. The third-order valence-corrected chi connectivity index (χ3v) is 5.98. The normalized spacial score (nSPS) is 13.2. The van der Waals surface area contributed by atoms with E-state index in [9.17, 15) is 19.6 Å². The Morgan fingerprint density at radius 3 is 2.17 bits per heavy atom. The van der Waals surface area contributed by atoms with Gasteiger partial charge in [0.2, 0.25) is 0 Å². The second-order valence-electron chi connectivity index (χ2n) is 6.64. The lowest BCUT2D eigenvalue weighted by molar-refractivity contribution is -1.24. The van der Waals surface area contributed by atoms with E-state index < -0.39 is 10.9 Å². The van der Waals surface area contributed by atoms with Crippen molar-refractivity contribution in [2.24, 2.45) is 0 Å². The first-order chi connectivity index (χ1) is 14.2. The molecule has 2 rings (SSSR count). The van der Waals surface area contributed by atoms with Crippen molar-refractivity contribution in [3.63, 3.8) is 0 Å². The molecule has 2 aromatic rings. The summed E-state index contributed by atoms with van der Waals surface area (Å²) in [7, 11) is 0. The molecule has 0 heterocycles. The van der Waals surface area contributed by atoms with Crippen LogP contribution in [0.3, 0.4) is 0 Å². The molecule has 2 aromatic carbocycles. The summed E-state index contributed by atoms with van der Waals surface area (Å²) in [6, 6.07) is 12.2. The van der Waals surface area contributed by atoms with E-state index in [1.54, 1.807) is 37.3 Å². The summed E-state index contributed by atoms with van der Waals surface area (Å²) in [4.78, 5) is 10.2. The number of hydrogen-bond acceptors (Lipinski definition) is 5. The van der Waals surface area contributed by atoms with Crippen LogP contribution in [0.1, 0.15) is 48.7 Å². The van der Waals surface area contributed by atoms with Crippen molar-refractivity contribution < 1.29 is 29.6 Å². The number of carboxylic acids is 1. The smallest absolute Gasteiger partial charge is 0.335 e. The van der Waals surface area contributed by atoms with Crippen molar-refractivity contribution in [1.82, 2.24) is 5.43 Å². The van der Waals surface area contributed by atoms with Crippen molar-refractivity contribution >= 4 is 22.6 Å². The lowest BCUT2D eigenvalue weighted by Gasteiger charge is -2.23. The van der Waals surface area contributed by atoms with E-state index in [1.165, 1.54) is 36.0 Å². The minimum atomic E-state index is -1.55. The second-order valence-corrected chi connectivity index (χ2v) is 7.67. The topological polar surface area (TPSA) is 89.8 Å². The van der Waals surface area contributed by atoms with E-state index in [0.717, 1.165) is 22.5 Å². The molecule has 0 aliphatic carbocycles. The average molecular weight is 434 g/mol. The van der Waals surface area contributed by atoms with Crippen LogP contribution in [0.2, 0.25) is 0 Å². The number of nitrogens with one attached hydrogen (secondary N) is 1. The van der Waals surface area contributed by atoms with Gasteiger partial charge >= 0.3 is 5.97 Å². The van der Waals surface area contributed by atoms with Crippen LogP contribution >= 0.6 is 11.8 Å². The number of benzene rings is 2. The van der Waals surface area contributed by atoms with Gasteiger partial charge < -0.3 is 5.11 Å². The molecule has 0 amide bonds. The number of carbonyl (C=O) groups is 1. The van der Waals surface area contributed by atoms with E-state index in [2.05, 4.69) is 5.43 Å². The summed E-state index contributed by atoms with van der Waals surface area (Å²) in [5.41, 5.74) is 5.27. The molecule has 4 N–H and O–H groups in total. The number of hydrogen-bond donors (Lipinski definition) is 4. The summed E-state index contributed by atoms with van der Waals surface area (Å²) in [5, 5.41) is 30.4. The molecule has 0 unspecified atom stereocenters. The molecule has 0 radical (unpaired) electrons. The molecule has 0 saturated heterocycles. The molecule has 0 aromatic heterocycles. The molecule has 160 valence electrons. The lowest BCUT2D eigenvalue weighted by atomic mass is 10.1. The van der Waals surface area contributed by atoms with Gasteiger partial charge in [-0.3, -0.25) is 0 Å². The maximum Gasteiger partial charge on any atom is 0.335 e. The lowest BCUT2D eigenvalue weighted by Crippen LogP contribution is -2.50. The summed E-state index contributed by atoms with van der Waals surface area (Å²) < 4.78 is 13.3. The van der Waals surface area contributed by atoms with E-state index >= 15 is 0 Å². The van der Waals surface area contributed by atoms with Crippen LogP contribution in [0.25, 0.3) is 4.91 Å². The van der Waals surface area contributed by atoms with Crippen LogP contribution < -0.4 is 5.43 Å². The largest absolute Gasteiger partial charge is 0.478 e. The number of thioether (sulfide) groups is 1. The van der Waals surface area contributed by atoms with E-state index in [1.807, 2.05) is 13.8 Å². The molecule has 0 spiro atoms. The van der Waals surface area contributed by atoms with Gasteiger partial charge in [-0.25, -0.2) is 9.18 Å². The van der Waals surface area contributed by atoms with Crippen LogP contribution in [-0.2, 0) is 6.54 Å². The molecule has 30 heavy (non-hydrogen) atoms. The Morgan fingerprint density at radius 1 is 1.10 bits per heavy atom. The maximum atomic E-state index is 13.3. The zero-order valence-corrected chi connectivity index (χ0v) is 17.9. The van der Waals surface area contributed by atoms with E-state index in [0.29, 0.717) is 5.56 Å². The molecule has 0 saturated carbocycles. The van der Waals surface area contributed by atoms with Gasteiger partial charge in [0.05, 0.1) is 17.0 Å². The van der Waals surface area contributed by atoms with Gasteiger partial charge in [-0.2, -0.15) is 10.4 Å². The number of allylic oxidation sites excluding steroid dienone is 2. The standard InChI is InChI=1S/C22H25FN2O4S/c1-4-15(3)21(17-10-12-19(23)13-11-17)30-20(5-2)25(28,29)24-14-16-6-8-18(9-7-16)22(26)27/h5-13,24,28-29H,4,14H2,1-3H3/p+1/b20-5-,21-15?. The SMILES string of the molecule is C/C=C(\SC(=C(C)CC)c1ccc(F)cc1)[N+](O)(O)NCc1ccc(C(=O)O)cc1. The van der Waals surface area contributed by atoms with Gasteiger partial charge in [-0.15, -0.1) is 0 Å². The first-order valence-electron chi connectivity index (χ1n) is 9.40. The average Bonchev–Trinajstić information content (AvgIpc) is 2.73. The van der Waals surface area contributed by atoms with Crippen molar-refractivity contribution in [2.75, 3.05) is 0 Å². The fraction of sp³-hybridized carbons (Fsp3) is 0.227. The molecular formula is C22H26FN2O4S+. The Morgan fingerprint density at radius 2 is 1.67 bits per heavy atom. The van der Waals surface area contributed by atoms with Crippen LogP contribution in [0.15, 0.2) is 65.2 Å². The van der Waals surface area contributed by atoms with Crippen molar-refractivity contribution in [1.29, 1.82) is 0 Å². The van der Waals surface area contributed by atoms with Crippen LogP contribution in [0.5, 0.6) is 0 Å². The predicted octanol–water partition coefficient (Wildman–Crippen LogP) is 5.56. The summed E-state index contributed by atoms with van der Waals surface area (Å²) in [6.45, 7) is 5.72. The highest BCUT2D eigenvalue weighted by atomic mass is 32.2. The molecule has 0 bridgehead atoms. The molecule has 0 fully saturated rings. The minimum Gasteiger partial charge on any atom is -0.478 e. The van der Waals surface area contributed by atoms with Crippen LogP contribution in [0.4, 0.5) is 4.39 Å². The first kappa shape index (κ1) is 23.8. The zero-order valence-electron chi connectivity index (χ0n) is 17.1. The van der Waals surface area contributed by atoms with Gasteiger partial charge in [0, 0.05) is 4.91 Å². The van der Waals surface area contributed by atoms with Gasteiger partial charge in [0.15, 0.2) is 0 Å². The van der Waals surface area contributed by atoms with Gasteiger partial charge in [0.25, 0.3) is 5.03 Å². The number of aromatic carboxylic acids is 1. The van der Waals surface area contributed by atoms with Crippen molar-refractivity contribution in [3.8, 4) is 0 Å². The first-order valence-corrected chi connectivity index (χ1v) is 10.2. The van der Waals surface area contributed by atoms with E-state index in [4.69, 9.17) is 5.11 Å². The third kappa shape index (κ3) is 6.25. The molecular weight excluding hydrogens is 407 g/mol. The Bertz CT molecular complexity index is 939. The quantitative estimate of drug-likeness (QED) is 0.306. The number of rotatable bonds is 9. The number of carboxylic acid groups (broad SMARTS) is 1. The number of quaternary nitrogens is 1. The Hall–Kier alpha value is -2.49. The third-order valence-electron chi connectivity index (χ3n) is 4.49. The van der Waals surface area contributed by atoms with E-state index in [-0.39, 0.29) is 23.0 Å². The number of hydroxylamine groups is 2. The minimum absolute atomic E-state index is 0.0904. The maximum absolute atomic E-state index is 13.3. The van der Waals surface area contributed by atoms with Crippen molar-refractivity contribution in [2.45, 2.75) is 33.7 Å². The van der Waals surface area contributed by atoms with Crippen LogP contribution in [0, 0.1) is 5.82 Å². The Balaban J connectivity index is 2.19. The van der Waals surface area contributed by atoms with Crippen molar-refractivity contribution in [3.05, 3.63) is 87.7 Å². The molecule has 0 atom stereocenters. The van der Waals surface area contributed by atoms with Gasteiger partial charge in [0.1, 0.15) is 5.82 Å². The monoisotopic (exact) mass is 433 g/mol. The molecule has 8 heteroatoms. The number of halogens is 1. The molecule has 0 aliphatic heterocycles. The Kier molecular flexibility index (Phi) is 8.33. The van der Waals surface area contributed by atoms with Crippen LogP contribution in [-0.4, -0.2) is 26.4 Å². The number of nitrogens with zero attached hydrogens (tertiary/aromatic N) is 1. The Labute approximate surface area is 179 Å².